The maximum absolute atomic E-state index is 12.6. The zero-order chi connectivity index (χ0) is 21.9. The number of carbonyl (C=O) groups excluding carboxylic acids is 1. The summed E-state index contributed by atoms with van der Waals surface area (Å²) in [6.07, 6.45) is 6.50. The molecule has 0 aliphatic carbocycles. The van der Waals surface area contributed by atoms with E-state index in [9.17, 15) is 4.79 Å². The SMILES string of the molecule is COc1cccc2cc(C(=O)Nc3ccc(Oc4cc(-n5ccnc5)ncn4)cc3)oc12. The third kappa shape index (κ3) is 3.86. The molecule has 2 aromatic carbocycles. The number of hydrogen-bond donors (Lipinski definition) is 1. The van der Waals surface area contributed by atoms with E-state index < -0.39 is 0 Å². The first kappa shape index (κ1) is 19.3. The van der Waals surface area contributed by atoms with Crippen LogP contribution in [-0.4, -0.2) is 32.5 Å². The zero-order valence-electron chi connectivity index (χ0n) is 16.9. The van der Waals surface area contributed by atoms with Gasteiger partial charge in [0.2, 0.25) is 5.88 Å². The fourth-order valence-corrected chi connectivity index (χ4v) is 3.15. The standard InChI is InChI=1S/C23H17N5O4/c1-30-18-4-2-3-15-11-19(32-22(15)18)23(29)27-16-5-7-17(8-6-16)31-21-12-20(25-13-26-21)28-10-9-24-14-28/h2-14H,1H3,(H,27,29). The smallest absolute Gasteiger partial charge is 0.291 e. The van der Waals surface area contributed by atoms with Crippen molar-refractivity contribution in [3.63, 3.8) is 0 Å². The maximum atomic E-state index is 12.6. The average Bonchev–Trinajstić information content (AvgIpc) is 3.51. The number of methoxy groups -OCH3 is 1. The molecule has 1 N–H and O–H groups in total. The summed E-state index contributed by atoms with van der Waals surface area (Å²) in [5, 5.41) is 3.60. The third-order valence-corrected chi connectivity index (χ3v) is 4.68. The number of fused-ring (bicyclic) bond motifs is 1. The first-order valence-corrected chi connectivity index (χ1v) is 9.66. The highest BCUT2D eigenvalue weighted by Gasteiger charge is 2.15. The molecule has 0 unspecified atom stereocenters. The van der Waals surface area contributed by atoms with Crippen molar-refractivity contribution in [3.05, 3.63) is 85.4 Å². The molecule has 9 heteroatoms. The number of benzene rings is 2. The van der Waals surface area contributed by atoms with Gasteiger partial charge in [-0.2, -0.15) is 0 Å². The number of imidazole rings is 1. The minimum atomic E-state index is -0.363. The first-order chi connectivity index (χ1) is 15.7. The van der Waals surface area contributed by atoms with Crippen LogP contribution in [0.3, 0.4) is 0 Å². The minimum Gasteiger partial charge on any atom is -0.493 e. The molecule has 0 fully saturated rings. The minimum absolute atomic E-state index is 0.192. The van der Waals surface area contributed by atoms with E-state index in [1.54, 1.807) is 72.9 Å². The Bertz CT molecular complexity index is 1380. The monoisotopic (exact) mass is 427 g/mol. The Kier molecular flexibility index (Phi) is 4.97. The van der Waals surface area contributed by atoms with Crippen LogP contribution in [0.15, 0.2) is 84.1 Å². The molecule has 9 nitrogen and oxygen atoms in total. The molecule has 0 saturated heterocycles. The third-order valence-electron chi connectivity index (χ3n) is 4.68. The van der Waals surface area contributed by atoms with Crippen molar-refractivity contribution >= 4 is 22.6 Å². The molecule has 32 heavy (non-hydrogen) atoms. The molecule has 5 rings (SSSR count). The second-order valence-corrected chi connectivity index (χ2v) is 6.75. The van der Waals surface area contributed by atoms with E-state index in [2.05, 4.69) is 20.3 Å². The largest absolute Gasteiger partial charge is 0.493 e. The number of amides is 1. The van der Waals surface area contributed by atoms with Crippen LogP contribution >= 0.6 is 0 Å². The molecule has 3 aromatic heterocycles. The quantitative estimate of drug-likeness (QED) is 0.426. The number of nitrogens with one attached hydrogen (secondary N) is 1. The van der Waals surface area contributed by atoms with E-state index in [1.807, 2.05) is 12.1 Å². The summed E-state index contributed by atoms with van der Waals surface area (Å²) in [6.45, 7) is 0. The van der Waals surface area contributed by atoms with Crippen molar-refractivity contribution in [2.75, 3.05) is 12.4 Å². The van der Waals surface area contributed by atoms with Gasteiger partial charge >= 0.3 is 0 Å². The second-order valence-electron chi connectivity index (χ2n) is 6.75. The fraction of sp³-hybridized carbons (Fsp3) is 0.0435. The Hall–Kier alpha value is -4.66. The van der Waals surface area contributed by atoms with Gasteiger partial charge in [-0.25, -0.2) is 15.0 Å². The Morgan fingerprint density at radius 1 is 1.09 bits per heavy atom. The number of ether oxygens (including phenoxy) is 2. The van der Waals surface area contributed by atoms with Crippen molar-refractivity contribution in [2.45, 2.75) is 0 Å². The molecule has 0 bridgehead atoms. The molecule has 1 amide bonds. The summed E-state index contributed by atoms with van der Waals surface area (Å²) in [5.41, 5.74) is 1.13. The van der Waals surface area contributed by atoms with Gasteiger partial charge in [-0.15, -0.1) is 0 Å². The van der Waals surface area contributed by atoms with Crippen molar-refractivity contribution in [1.29, 1.82) is 0 Å². The van der Waals surface area contributed by atoms with Gasteiger partial charge in [-0.05, 0) is 36.4 Å². The van der Waals surface area contributed by atoms with E-state index in [0.29, 0.717) is 34.5 Å². The molecule has 5 aromatic rings. The summed E-state index contributed by atoms with van der Waals surface area (Å²) < 4.78 is 18.5. The predicted octanol–water partition coefficient (Wildman–Crippen LogP) is 4.46. The Balaban J connectivity index is 1.28. The lowest BCUT2D eigenvalue weighted by molar-refractivity contribution is 0.0998. The summed E-state index contributed by atoms with van der Waals surface area (Å²) in [6, 6.07) is 15.8. The summed E-state index contributed by atoms with van der Waals surface area (Å²) in [7, 11) is 1.56. The van der Waals surface area contributed by atoms with Crippen LogP contribution < -0.4 is 14.8 Å². The number of furan rings is 1. The van der Waals surface area contributed by atoms with Gasteiger partial charge < -0.3 is 19.2 Å². The normalized spacial score (nSPS) is 10.8. The molecule has 0 aliphatic heterocycles. The highest BCUT2D eigenvalue weighted by atomic mass is 16.5. The highest BCUT2D eigenvalue weighted by Crippen LogP contribution is 2.29. The molecule has 0 saturated carbocycles. The average molecular weight is 427 g/mol. The molecule has 0 aliphatic rings. The number of anilines is 1. The fourth-order valence-electron chi connectivity index (χ4n) is 3.15. The zero-order valence-corrected chi connectivity index (χ0v) is 16.9. The van der Waals surface area contributed by atoms with Crippen LogP contribution in [0.25, 0.3) is 16.8 Å². The van der Waals surface area contributed by atoms with Crippen LogP contribution in [0, 0.1) is 0 Å². The number of aromatic nitrogens is 4. The van der Waals surface area contributed by atoms with Crippen molar-refractivity contribution in [2.24, 2.45) is 0 Å². The summed E-state index contributed by atoms with van der Waals surface area (Å²) in [4.78, 5) is 24.9. The number of rotatable bonds is 6. The van der Waals surface area contributed by atoms with Crippen molar-refractivity contribution in [1.82, 2.24) is 19.5 Å². The van der Waals surface area contributed by atoms with Crippen LogP contribution in [0.5, 0.6) is 17.4 Å². The van der Waals surface area contributed by atoms with Gasteiger partial charge in [0.25, 0.3) is 5.91 Å². The van der Waals surface area contributed by atoms with Gasteiger partial charge in [0.15, 0.2) is 17.1 Å². The molecular formula is C23H17N5O4. The van der Waals surface area contributed by atoms with E-state index in [1.165, 1.54) is 6.33 Å². The van der Waals surface area contributed by atoms with Gasteiger partial charge in [-0.1, -0.05) is 12.1 Å². The predicted molar refractivity (Wildman–Crippen MR) is 116 cm³/mol. The maximum Gasteiger partial charge on any atom is 0.291 e. The number of hydrogen-bond acceptors (Lipinski definition) is 7. The van der Waals surface area contributed by atoms with E-state index >= 15 is 0 Å². The van der Waals surface area contributed by atoms with Crippen LogP contribution in [0.1, 0.15) is 10.6 Å². The van der Waals surface area contributed by atoms with E-state index in [4.69, 9.17) is 13.9 Å². The number of para-hydroxylation sites is 1. The Morgan fingerprint density at radius 3 is 2.75 bits per heavy atom. The molecule has 0 atom stereocenters. The topological polar surface area (TPSA) is 104 Å². The first-order valence-electron chi connectivity index (χ1n) is 9.66. The van der Waals surface area contributed by atoms with E-state index in [-0.39, 0.29) is 11.7 Å². The second kappa shape index (κ2) is 8.23. The van der Waals surface area contributed by atoms with Crippen LogP contribution in [0.4, 0.5) is 5.69 Å². The summed E-state index contributed by atoms with van der Waals surface area (Å²) in [5.74, 6) is 1.99. The van der Waals surface area contributed by atoms with Gasteiger partial charge in [-0.3, -0.25) is 9.36 Å². The van der Waals surface area contributed by atoms with Crippen LogP contribution in [0.2, 0.25) is 0 Å². The number of carbonyl (C=O) groups is 1. The lowest BCUT2D eigenvalue weighted by Gasteiger charge is -2.08. The van der Waals surface area contributed by atoms with Gasteiger partial charge in [0, 0.05) is 29.5 Å². The van der Waals surface area contributed by atoms with E-state index in [0.717, 1.165) is 5.39 Å². The van der Waals surface area contributed by atoms with Crippen molar-refractivity contribution < 1.29 is 18.7 Å². The lowest BCUT2D eigenvalue weighted by Crippen LogP contribution is -2.10. The molecule has 0 radical (unpaired) electrons. The van der Waals surface area contributed by atoms with Gasteiger partial charge in [0.1, 0.15) is 24.2 Å². The summed E-state index contributed by atoms with van der Waals surface area (Å²) >= 11 is 0. The Morgan fingerprint density at radius 2 is 1.97 bits per heavy atom. The van der Waals surface area contributed by atoms with Crippen LogP contribution in [-0.2, 0) is 0 Å². The molecular weight excluding hydrogens is 410 g/mol. The Labute approximate surface area is 182 Å². The number of nitrogens with zero attached hydrogens (tertiary/aromatic N) is 4. The molecule has 0 spiro atoms. The van der Waals surface area contributed by atoms with Gasteiger partial charge in [0.05, 0.1) is 7.11 Å². The van der Waals surface area contributed by atoms with Crippen molar-refractivity contribution in [3.8, 4) is 23.2 Å². The molecule has 158 valence electrons. The molecule has 3 heterocycles. The lowest BCUT2D eigenvalue weighted by atomic mass is 10.2. The highest BCUT2D eigenvalue weighted by molar-refractivity contribution is 6.05.